The summed E-state index contributed by atoms with van der Waals surface area (Å²) in [6.07, 6.45) is 0. The average molecular weight is 438 g/mol. The Labute approximate surface area is 191 Å². The molecule has 6 heteroatoms. The predicted molar refractivity (Wildman–Crippen MR) is 127 cm³/mol. The van der Waals surface area contributed by atoms with Crippen molar-refractivity contribution in [1.29, 1.82) is 5.26 Å². The van der Waals surface area contributed by atoms with Crippen LogP contribution in [0.3, 0.4) is 0 Å². The van der Waals surface area contributed by atoms with Crippen LogP contribution in [-0.4, -0.2) is 26.2 Å². The maximum atomic E-state index is 13.2. The summed E-state index contributed by atoms with van der Waals surface area (Å²) in [7, 11) is 1.56. The maximum Gasteiger partial charge on any atom is 0.259 e. The second kappa shape index (κ2) is 10.2. The summed E-state index contributed by atoms with van der Waals surface area (Å²) < 4.78 is 17.0. The van der Waals surface area contributed by atoms with E-state index in [9.17, 15) is 4.79 Å². The molecule has 4 rings (SSSR count). The molecule has 0 aliphatic heterocycles. The fraction of sp³-hybridized carbons (Fsp3) is 0.111. The minimum Gasteiger partial charge on any atom is -0.495 e. The monoisotopic (exact) mass is 438 g/mol. The first-order valence-electron chi connectivity index (χ1n) is 10.4. The van der Waals surface area contributed by atoms with Crippen molar-refractivity contribution in [3.63, 3.8) is 0 Å². The molecule has 1 amide bonds. The number of hydrogen-bond acceptors (Lipinski definition) is 5. The molecule has 0 heterocycles. The second-order valence-electron chi connectivity index (χ2n) is 7.18. The Balaban J connectivity index is 1.51. The lowest BCUT2D eigenvalue weighted by atomic mass is 10.1. The summed E-state index contributed by atoms with van der Waals surface area (Å²) in [5.41, 5.74) is 1.56. The van der Waals surface area contributed by atoms with Crippen molar-refractivity contribution in [1.82, 2.24) is 0 Å². The molecular formula is C27H22N2O4. The van der Waals surface area contributed by atoms with Gasteiger partial charge in [0.05, 0.1) is 30.0 Å². The zero-order valence-corrected chi connectivity index (χ0v) is 18.1. The summed E-state index contributed by atoms with van der Waals surface area (Å²) in [5, 5.41) is 13.7. The average Bonchev–Trinajstić information content (AvgIpc) is 2.86. The number of ether oxygens (including phenoxy) is 3. The van der Waals surface area contributed by atoms with Crippen molar-refractivity contribution >= 4 is 22.4 Å². The number of benzene rings is 4. The fourth-order valence-electron chi connectivity index (χ4n) is 3.39. The van der Waals surface area contributed by atoms with Crippen molar-refractivity contribution in [2.45, 2.75) is 0 Å². The molecule has 0 radical (unpaired) electrons. The SMILES string of the molecule is COc1ccccc1NC(=O)c1cc2ccccc2cc1OCCOc1ccc(C#N)cc1. The number of hydrogen-bond donors (Lipinski definition) is 1. The van der Waals surface area contributed by atoms with Gasteiger partial charge in [-0.3, -0.25) is 4.79 Å². The predicted octanol–water partition coefficient (Wildman–Crippen LogP) is 5.43. The first-order chi connectivity index (χ1) is 16.2. The van der Waals surface area contributed by atoms with Gasteiger partial charge in [-0.05, 0) is 59.3 Å². The number of carbonyl (C=O) groups excluding carboxylic acids is 1. The van der Waals surface area contributed by atoms with Crippen LogP contribution < -0.4 is 19.5 Å². The molecule has 0 aliphatic carbocycles. The molecule has 1 N–H and O–H groups in total. The normalized spacial score (nSPS) is 10.3. The molecule has 0 unspecified atom stereocenters. The van der Waals surface area contributed by atoms with Gasteiger partial charge in [-0.1, -0.05) is 36.4 Å². The molecule has 6 nitrogen and oxygen atoms in total. The molecule has 164 valence electrons. The van der Waals surface area contributed by atoms with Gasteiger partial charge in [0.1, 0.15) is 30.5 Å². The molecule has 4 aromatic carbocycles. The van der Waals surface area contributed by atoms with E-state index >= 15 is 0 Å². The Morgan fingerprint density at radius 2 is 1.52 bits per heavy atom. The number of anilines is 1. The summed E-state index contributed by atoms with van der Waals surface area (Å²) in [4.78, 5) is 13.2. The third kappa shape index (κ3) is 5.23. The van der Waals surface area contributed by atoms with E-state index < -0.39 is 0 Å². The van der Waals surface area contributed by atoms with Gasteiger partial charge in [-0.25, -0.2) is 0 Å². The molecule has 0 saturated carbocycles. The van der Waals surface area contributed by atoms with Crippen LogP contribution in [0.2, 0.25) is 0 Å². The molecule has 0 aliphatic rings. The van der Waals surface area contributed by atoms with Gasteiger partial charge in [-0.2, -0.15) is 5.26 Å². The van der Waals surface area contributed by atoms with Crippen molar-refractivity contribution in [3.8, 4) is 23.3 Å². The Kier molecular flexibility index (Phi) is 6.72. The van der Waals surface area contributed by atoms with Crippen LogP contribution in [0.15, 0.2) is 84.9 Å². The summed E-state index contributed by atoms with van der Waals surface area (Å²) in [6, 6.07) is 27.6. The number of nitrogens with one attached hydrogen (secondary N) is 1. The van der Waals surface area contributed by atoms with Gasteiger partial charge < -0.3 is 19.5 Å². The van der Waals surface area contributed by atoms with Crippen LogP contribution in [0, 0.1) is 11.3 Å². The van der Waals surface area contributed by atoms with Gasteiger partial charge in [0.25, 0.3) is 5.91 Å². The second-order valence-corrected chi connectivity index (χ2v) is 7.18. The van der Waals surface area contributed by atoms with Crippen LogP contribution in [0.4, 0.5) is 5.69 Å². The van der Waals surface area contributed by atoms with Crippen LogP contribution in [-0.2, 0) is 0 Å². The first-order valence-corrected chi connectivity index (χ1v) is 10.4. The lowest BCUT2D eigenvalue weighted by molar-refractivity contribution is 0.102. The van der Waals surface area contributed by atoms with Crippen molar-refractivity contribution < 1.29 is 19.0 Å². The van der Waals surface area contributed by atoms with Crippen molar-refractivity contribution in [3.05, 3.63) is 96.1 Å². The van der Waals surface area contributed by atoms with Gasteiger partial charge in [-0.15, -0.1) is 0 Å². The van der Waals surface area contributed by atoms with E-state index in [0.29, 0.717) is 34.1 Å². The molecule has 0 aromatic heterocycles. The van der Waals surface area contributed by atoms with Crippen LogP contribution >= 0.6 is 0 Å². The summed E-state index contributed by atoms with van der Waals surface area (Å²) >= 11 is 0. The van der Waals surface area contributed by atoms with E-state index in [1.165, 1.54) is 0 Å². The smallest absolute Gasteiger partial charge is 0.259 e. The Morgan fingerprint density at radius 3 is 2.24 bits per heavy atom. The molecule has 4 aromatic rings. The van der Waals surface area contributed by atoms with E-state index in [4.69, 9.17) is 19.5 Å². The topological polar surface area (TPSA) is 80.6 Å². The number of amides is 1. The quantitative estimate of drug-likeness (QED) is 0.371. The summed E-state index contributed by atoms with van der Waals surface area (Å²) in [5.74, 6) is 1.38. The van der Waals surface area contributed by atoms with E-state index in [2.05, 4.69) is 11.4 Å². The molecular weight excluding hydrogens is 416 g/mol. The van der Waals surface area contributed by atoms with Crippen LogP contribution in [0.5, 0.6) is 17.2 Å². The highest BCUT2D eigenvalue weighted by molar-refractivity contribution is 6.09. The van der Waals surface area contributed by atoms with E-state index in [0.717, 1.165) is 10.8 Å². The van der Waals surface area contributed by atoms with Crippen molar-refractivity contribution in [2.75, 3.05) is 25.6 Å². The highest BCUT2D eigenvalue weighted by Gasteiger charge is 2.16. The number of rotatable bonds is 8. The lowest BCUT2D eigenvalue weighted by Gasteiger charge is -2.15. The third-order valence-corrected chi connectivity index (χ3v) is 5.04. The molecule has 0 bridgehead atoms. The zero-order valence-electron chi connectivity index (χ0n) is 18.1. The largest absolute Gasteiger partial charge is 0.495 e. The Morgan fingerprint density at radius 1 is 0.848 bits per heavy atom. The summed E-state index contributed by atoms with van der Waals surface area (Å²) in [6.45, 7) is 0.527. The molecule has 0 spiro atoms. The van der Waals surface area contributed by atoms with Gasteiger partial charge in [0.15, 0.2) is 0 Å². The molecule has 0 saturated heterocycles. The number of carbonyl (C=O) groups is 1. The van der Waals surface area contributed by atoms with E-state index in [1.54, 1.807) is 43.5 Å². The van der Waals surface area contributed by atoms with Crippen molar-refractivity contribution in [2.24, 2.45) is 0 Å². The number of nitriles is 1. The minimum atomic E-state index is -0.298. The standard InChI is InChI=1S/C27H22N2O4/c1-31-25-9-5-4-8-24(25)29-27(30)23-16-20-6-2-3-7-21(20)17-26(23)33-15-14-32-22-12-10-19(18-28)11-13-22/h2-13,16-17H,14-15H2,1H3,(H,29,30). The molecule has 0 fully saturated rings. The first kappa shape index (κ1) is 21.7. The van der Waals surface area contributed by atoms with Crippen LogP contribution in [0.25, 0.3) is 10.8 Å². The van der Waals surface area contributed by atoms with Gasteiger partial charge in [0, 0.05) is 0 Å². The number of nitrogens with zero attached hydrogens (tertiary/aromatic N) is 1. The fourth-order valence-corrected chi connectivity index (χ4v) is 3.39. The Hall–Kier alpha value is -4.50. The van der Waals surface area contributed by atoms with Gasteiger partial charge in [0.2, 0.25) is 0 Å². The zero-order chi connectivity index (χ0) is 23.0. The Bertz CT molecular complexity index is 1310. The number of fused-ring (bicyclic) bond motifs is 1. The minimum absolute atomic E-state index is 0.243. The molecule has 0 atom stereocenters. The lowest BCUT2D eigenvalue weighted by Crippen LogP contribution is -2.16. The molecule has 33 heavy (non-hydrogen) atoms. The maximum absolute atomic E-state index is 13.2. The highest BCUT2D eigenvalue weighted by atomic mass is 16.5. The third-order valence-electron chi connectivity index (χ3n) is 5.04. The highest BCUT2D eigenvalue weighted by Crippen LogP contribution is 2.29. The van der Waals surface area contributed by atoms with Crippen LogP contribution in [0.1, 0.15) is 15.9 Å². The number of methoxy groups -OCH3 is 1. The number of para-hydroxylation sites is 2. The van der Waals surface area contributed by atoms with E-state index in [-0.39, 0.29) is 19.1 Å². The van der Waals surface area contributed by atoms with E-state index in [1.807, 2.05) is 48.5 Å². The van der Waals surface area contributed by atoms with Gasteiger partial charge >= 0.3 is 0 Å².